The SMILES string of the molecule is CCCc1nc(C)c(CN=C(N)NC2CCC2)o1. The number of nitrogens with one attached hydrogen (secondary N) is 1. The Morgan fingerprint density at radius 2 is 2.33 bits per heavy atom. The average molecular weight is 250 g/mol. The van der Waals surface area contributed by atoms with Gasteiger partial charge in [-0.3, -0.25) is 0 Å². The van der Waals surface area contributed by atoms with E-state index in [-0.39, 0.29) is 0 Å². The highest BCUT2D eigenvalue weighted by atomic mass is 16.4. The Morgan fingerprint density at radius 1 is 1.56 bits per heavy atom. The third-order valence-corrected chi connectivity index (χ3v) is 3.25. The van der Waals surface area contributed by atoms with Gasteiger partial charge in [-0.05, 0) is 32.6 Å². The van der Waals surface area contributed by atoms with Gasteiger partial charge < -0.3 is 15.5 Å². The molecule has 18 heavy (non-hydrogen) atoms. The van der Waals surface area contributed by atoms with Gasteiger partial charge in [0.05, 0.1) is 5.69 Å². The van der Waals surface area contributed by atoms with E-state index in [1.807, 2.05) is 6.92 Å². The topological polar surface area (TPSA) is 76.4 Å². The summed E-state index contributed by atoms with van der Waals surface area (Å²) < 4.78 is 5.65. The summed E-state index contributed by atoms with van der Waals surface area (Å²) in [5, 5.41) is 3.20. The molecule has 1 aliphatic carbocycles. The van der Waals surface area contributed by atoms with Crippen LogP contribution in [-0.2, 0) is 13.0 Å². The first kappa shape index (κ1) is 12.9. The molecule has 0 atom stereocenters. The van der Waals surface area contributed by atoms with Gasteiger partial charge >= 0.3 is 0 Å². The Hall–Kier alpha value is -1.52. The number of nitrogens with two attached hydrogens (primary N) is 1. The van der Waals surface area contributed by atoms with Gasteiger partial charge in [-0.25, -0.2) is 9.98 Å². The first-order valence-electron chi connectivity index (χ1n) is 6.70. The largest absolute Gasteiger partial charge is 0.443 e. The van der Waals surface area contributed by atoms with Crippen LogP contribution in [0, 0.1) is 6.92 Å². The molecule has 0 amide bonds. The molecule has 3 N–H and O–H groups in total. The van der Waals surface area contributed by atoms with E-state index >= 15 is 0 Å². The average Bonchev–Trinajstić information content (AvgIpc) is 2.62. The van der Waals surface area contributed by atoms with Crippen LogP contribution in [0.2, 0.25) is 0 Å². The van der Waals surface area contributed by atoms with Crippen LogP contribution < -0.4 is 11.1 Å². The predicted octanol–water partition coefficient (Wildman–Crippen LogP) is 1.89. The lowest BCUT2D eigenvalue weighted by Crippen LogP contribution is -2.43. The second-order valence-electron chi connectivity index (χ2n) is 4.84. The van der Waals surface area contributed by atoms with Crippen molar-refractivity contribution in [1.29, 1.82) is 0 Å². The maximum Gasteiger partial charge on any atom is 0.194 e. The lowest BCUT2D eigenvalue weighted by atomic mass is 9.93. The molecular formula is C13H22N4O. The van der Waals surface area contributed by atoms with Gasteiger partial charge in [0.1, 0.15) is 12.3 Å². The molecule has 2 rings (SSSR count). The highest BCUT2D eigenvalue weighted by molar-refractivity contribution is 5.78. The van der Waals surface area contributed by atoms with Gasteiger partial charge in [0, 0.05) is 12.5 Å². The van der Waals surface area contributed by atoms with Crippen molar-refractivity contribution in [2.45, 2.75) is 58.5 Å². The number of rotatable bonds is 5. The van der Waals surface area contributed by atoms with E-state index in [1.54, 1.807) is 0 Å². The lowest BCUT2D eigenvalue weighted by Gasteiger charge is -2.26. The minimum Gasteiger partial charge on any atom is -0.443 e. The van der Waals surface area contributed by atoms with Gasteiger partial charge in [0.25, 0.3) is 0 Å². The molecule has 5 heteroatoms. The summed E-state index contributed by atoms with van der Waals surface area (Å²) in [6.07, 6.45) is 5.58. The number of aryl methyl sites for hydroxylation is 2. The number of aliphatic imine (C=N–C) groups is 1. The Bertz CT molecular complexity index is 421. The molecule has 5 nitrogen and oxygen atoms in total. The van der Waals surface area contributed by atoms with Crippen LogP contribution in [-0.4, -0.2) is 17.0 Å². The highest BCUT2D eigenvalue weighted by Gasteiger charge is 2.17. The summed E-state index contributed by atoms with van der Waals surface area (Å²) in [4.78, 5) is 8.67. The molecule has 1 aromatic rings. The van der Waals surface area contributed by atoms with Crippen molar-refractivity contribution >= 4 is 5.96 Å². The second kappa shape index (κ2) is 5.89. The van der Waals surface area contributed by atoms with Crippen molar-refractivity contribution in [2.75, 3.05) is 0 Å². The maximum absolute atomic E-state index is 5.82. The normalized spacial score (nSPS) is 16.7. The molecule has 0 aliphatic heterocycles. The fourth-order valence-corrected chi connectivity index (χ4v) is 1.92. The van der Waals surface area contributed by atoms with Crippen LogP contribution >= 0.6 is 0 Å². The van der Waals surface area contributed by atoms with Crippen molar-refractivity contribution in [1.82, 2.24) is 10.3 Å². The van der Waals surface area contributed by atoms with Gasteiger partial charge in [0.2, 0.25) is 0 Å². The van der Waals surface area contributed by atoms with Crippen LogP contribution in [0.15, 0.2) is 9.41 Å². The van der Waals surface area contributed by atoms with Crippen molar-refractivity contribution < 1.29 is 4.42 Å². The van der Waals surface area contributed by atoms with E-state index in [0.29, 0.717) is 18.5 Å². The van der Waals surface area contributed by atoms with Gasteiger partial charge in [-0.15, -0.1) is 0 Å². The van der Waals surface area contributed by atoms with Crippen LogP contribution in [0.3, 0.4) is 0 Å². The Morgan fingerprint density at radius 3 is 2.94 bits per heavy atom. The lowest BCUT2D eigenvalue weighted by molar-refractivity contribution is 0.381. The van der Waals surface area contributed by atoms with E-state index in [9.17, 15) is 0 Å². The predicted molar refractivity (Wildman–Crippen MR) is 71.3 cm³/mol. The third kappa shape index (κ3) is 3.24. The molecule has 0 unspecified atom stereocenters. The van der Waals surface area contributed by atoms with Gasteiger partial charge in [-0.2, -0.15) is 0 Å². The summed E-state index contributed by atoms with van der Waals surface area (Å²) in [5.41, 5.74) is 6.74. The van der Waals surface area contributed by atoms with Crippen LogP contribution in [0.25, 0.3) is 0 Å². The second-order valence-corrected chi connectivity index (χ2v) is 4.84. The third-order valence-electron chi connectivity index (χ3n) is 3.25. The van der Waals surface area contributed by atoms with Crippen molar-refractivity contribution in [3.63, 3.8) is 0 Å². The van der Waals surface area contributed by atoms with Gasteiger partial charge in [0.15, 0.2) is 11.9 Å². The van der Waals surface area contributed by atoms with E-state index in [1.165, 1.54) is 19.3 Å². The summed E-state index contributed by atoms with van der Waals surface area (Å²) in [6, 6.07) is 0.514. The highest BCUT2D eigenvalue weighted by Crippen LogP contribution is 2.17. The first-order valence-corrected chi connectivity index (χ1v) is 6.70. The molecule has 1 fully saturated rings. The Kier molecular flexibility index (Phi) is 4.23. The van der Waals surface area contributed by atoms with Crippen LogP contribution in [0.4, 0.5) is 0 Å². The van der Waals surface area contributed by atoms with Gasteiger partial charge in [-0.1, -0.05) is 6.92 Å². The number of hydrogen-bond acceptors (Lipinski definition) is 3. The number of aromatic nitrogens is 1. The number of nitrogens with zero attached hydrogens (tertiary/aromatic N) is 2. The molecule has 1 heterocycles. The quantitative estimate of drug-likeness (QED) is 0.618. The van der Waals surface area contributed by atoms with Crippen molar-refractivity contribution in [3.8, 4) is 0 Å². The fourth-order valence-electron chi connectivity index (χ4n) is 1.92. The molecule has 0 aromatic carbocycles. The van der Waals surface area contributed by atoms with Crippen LogP contribution in [0.1, 0.15) is 50.0 Å². The molecule has 1 aliphatic rings. The molecule has 1 aromatic heterocycles. The smallest absolute Gasteiger partial charge is 0.194 e. The summed E-state index contributed by atoms with van der Waals surface area (Å²) in [5.74, 6) is 2.12. The number of oxazole rings is 1. The van der Waals surface area contributed by atoms with E-state index in [0.717, 1.165) is 30.2 Å². The molecule has 0 saturated heterocycles. The van der Waals surface area contributed by atoms with Crippen molar-refractivity contribution in [2.24, 2.45) is 10.7 Å². The minimum atomic E-state index is 0.466. The number of guanidine groups is 1. The minimum absolute atomic E-state index is 0.466. The molecular weight excluding hydrogens is 228 g/mol. The molecule has 0 radical (unpaired) electrons. The summed E-state index contributed by atoms with van der Waals surface area (Å²) >= 11 is 0. The Labute approximate surface area is 108 Å². The first-order chi connectivity index (χ1) is 8.69. The summed E-state index contributed by atoms with van der Waals surface area (Å²) in [6.45, 7) is 4.52. The molecule has 0 bridgehead atoms. The zero-order valence-electron chi connectivity index (χ0n) is 11.2. The Balaban J connectivity index is 1.89. The van der Waals surface area contributed by atoms with E-state index in [2.05, 4.69) is 22.2 Å². The monoisotopic (exact) mass is 250 g/mol. The summed E-state index contributed by atoms with van der Waals surface area (Å²) in [7, 11) is 0. The fraction of sp³-hybridized carbons (Fsp3) is 0.692. The van der Waals surface area contributed by atoms with E-state index < -0.39 is 0 Å². The van der Waals surface area contributed by atoms with Crippen molar-refractivity contribution in [3.05, 3.63) is 17.3 Å². The molecule has 1 saturated carbocycles. The van der Waals surface area contributed by atoms with E-state index in [4.69, 9.17) is 10.2 Å². The van der Waals surface area contributed by atoms with Crippen LogP contribution in [0.5, 0.6) is 0 Å². The zero-order chi connectivity index (χ0) is 13.0. The number of hydrogen-bond donors (Lipinski definition) is 2. The molecule has 100 valence electrons. The standard InChI is InChI=1S/C13H22N4O/c1-3-5-12-16-9(2)11(18-12)8-15-13(14)17-10-6-4-7-10/h10H,3-8H2,1-2H3,(H3,14,15,17). The maximum atomic E-state index is 5.82. The zero-order valence-corrected chi connectivity index (χ0v) is 11.2. The molecule has 0 spiro atoms.